The summed E-state index contributed by atoms with van der Waals surface area (Å²) in [5.41, 5.74) is 3.26. The summed E-state index contributed by atoms with van der Waals surface area (Å²) in [7, 11) is 0. The van der Waals surface area contributed by atoms with Gasteiger partial charge in [-0.3, -0.25) is 4.79 Å². The van der Waals surface area contributed by atoms with E-state index in [0.717, 1.165) is 48.5 Å². The molecular formula is C22H22N4O2. The molecule has 3 aliphatic heterocycles. The van der Waals surface area contributed by atoms with Crippen molar-refractivity contribution in [3.63, 3.8) is 0 Å². The average Bonchev–Trinajstić information content (AvgIpc) is 3.18. The number of benzene rings is 1. The Morgan fingerprint density at radius 2 is 2.04 bits per heavy atom. The van der Waals surface area contributed by atoms with Crippen molar-refractivity contribution >= 4 is 11.7 Å². The molecule has 142 valence electrons. The Hall–Kier alpha value is -3.07. The fraction of sp³-hybridized carbons (Fsp3) is 0.409. The minimum atomic E-state index is -0.0215. The first-order chi connectivity index (χ1) is 13.6. The molecule has 0 aliphatic carbocycles. The Labute approximate surface area is 164 Å². The smallest absolute Gasteiger partial charge is 0.253 e. The number of amides is 1. The Morgan fingerprint density at radius 3 is 2.79 bits per heavy atom. The predicted molar refractivity (Wildman–Crippen MR) is 104 cm³/mol. The third kappa shape index (κ3) is 2.78. The largest absolute Gasteiger partial charge is 0.490 e. The quantitative estimate of drug-likeness (QED) is 0.893. The number of carbonyl (C=O) groups is 1. The van der Waals surface area contributed by atoms with Gasteiger partial charge in [-0.2, -0.15) is 5.26 Å². The van der Waals surface area contributed by atoms with Crippen LogP contribution in [0.1, 0.15) is 52.9 Å². The van der Waals surface area contributed by atoms with Crippen molar-refractivity contribution in [1.29, 1.82) is 5.26 Å². The molecule has 2 atom stereocenters. The van der Waals surface area contributed by atoms with E-state index in [1.165, 1.54) is 0 Å². The molecule has 5 rings (SSSR count). The Bertz CT molecular complexity index is 983. The summed E-state index contributed by atoms with van der Waals surface area (Å²) in [6, 6.07) is 12.3. The maximum Gasteiger partial charge on any atom is 0.253 e. The van der Waals surface area contributed by atoms with Crippen LogP contribution >= 0.6 is 0 Å². The van der Waals surface area contributed by atoms with Gasteiger partial charge < -0.3 is 15.0 Å². The van der Waals surface area contributed by atoms with Crippen LogP contribution in [0.15, 0.2) is 30.3 Å². The molecule has 28 heavy (non-hydrogen) atoms. The van der Waals surface area contributed by atoms with E-state index in [1.807, 2.05) is 31.2 Å². The molecule has 1 amide bonds. The number of pyridine rings is 1. The SMILES string of the molecule is Cc1cc2c(nc1N1C3CCC1CC(Oc1cccc(C#N)c1)C3)CNC2=O. The Balaban J connectivity index is 1.37. The molecule has 2 fully saturated rings. The van der Waals surface area contributed by atoms with Crippen molar-refractivity contribution in [2.24, 2.45) is 0 Å². The van der Waals surface area contributed by atoms with Crippen molar-refractivity contribution in [3.05, 3.63) is 52.7 Å². The van der Waals surface area contributed by atoms with Gasteiger partial charge in [-0.1, -0.05) is 6.07 Å². The number of aromatic nitrogens is 1. The fourth-order valence-corrected chi connectivity index (χ4v) is 4.89. The lowest BCUT2D eigenvalue weighted by molar-refractivity contribution is 0.0965. The molecule has 2 aromatic rings. The molecule has 6 nitrogen and oxygen atoms in total. The fourth-order valence-electron chi connectivity index (χ4n) is 4.89. The molecule has 3 aliphatic rings. The predicted octanol–water partition coefficient (Wildman–Crippen LogP) is 3.08. The molecule has 0 spiro atoms. The maximum absolute atomic E-state index is 11.9. The van der Waals surface area contributed by atoms with E-state index in [1.54, 1.807) is 6.07 Å². The van der Waals surface area contributed by atoms with E-state index in [4.69, 9.17) is 15.0 Å². The number of ether oxygens (including phenoxy) is 1. The van der Waals surface area contributed by atoms with Gasteiger partial charge in [-0.25, -0.2) is 4.98 Å². The van der Waals surface area contributed by atoms with E-state index in [9.17, 15) is 4.79 Å². The summed E-state index contributed by atoms with van der Waals surface area (Å²) >= 11 is 0. The Kier molecular flexibility index (Phi) is 3.97. The third-order valence-corrected chi connectivity index (χ3v) is 6.13. The van der Waals surface area contributed by atoms with Gasteiger partial charge in [0.2, 0.25) is 0 Å². The number of nitrogens with one attached hydrogen (secondary N) is 1. The Morgan fingerprint density at radius 1 is 1.25 bits per heavy atom. The summed E-state index contributed by atoms with van der Waals surface area (Å²) in [6.45, 7) is 2.56. The number of hydrogen-bond acceptors (Lipinski definition) is 5. The number of nitrogens with zero attached hydrogens (tertiary/aromatic N) is 3. The lowest BCUT2D eigenvalue weighted by Gasteiger charge is -2.40. The maximum atomic E-state index is 11.9. The van der Waals surface area contributed by atoms with E-state index in [-0.39, 0.29) is 12.0 Å². The van der Waals surface area contributed by atoms with Gasteiger partial charge in [-0.15, -0.1) is 0 Å². The second-order valence-corrected chi connectivity index (χ2v) is 7.95. The van der Waals surface area contributed by atoms with Crippen LogP contribution in [-0.2, 0) is 6.54 Å². The monoisotopic (exact) mass is 374 g/mol. The molecule has 1 aromatic carbocycles. The van der Waals surface area contributed by atoms with Crippen LogP contribution in [0.2, 0.25) is 0 Å². The molecule has 1 N–H and O–H groups in total. The summed E-state index contributed by atoms with van der Waals surface area (Å²) in [5, 5.41) is 11.9. The van der Waals surface area contributed by atoms with E-state index < -0.39 is 0 Å². The summed E-state index contributed by atoms with van der Waals surface area (Å²) < 4.78 is 6.23. The highest BCUT2D eigenvalue weighted by Crippen LogP contribution is 2.41. The highest BCUT2D eigenvalue weighted by Gasteiger charge is 2.43. The number of piperidine rings is 1. The highest BCUT2D eigenvalue weighted by atomic mass is 16.5. The highest BCUT2D eigenvalue weighted by molar-refractivity contribution is 5.98. The van der Waals surface area contributed by atoms with Gasteiger partial charge in [0.1, 0.15) is 17.7 Å². The van der Waals surface area contributed by atoms with Gasteiger partial charge in [0.15, 0.2) is 0 Å². The molecular weight excluding hydrogens is 352 g/mol. The molecule has 2 bridgehead atoms. The minimum absolute atomic E-state index is 0.0215. The van der Waals surface area contributed by atoms with Crippen molar-refractivity contribution in [3.8, 4) is 11.8 Å². The number of carbonyl (C=O) groups excluding carboxylic acids is 1. The van der Waals surface area contributed by atoms with Crippen LogP contribution in [0, 0.1) is 18.3 Å². The molecule has 1 aromatic heterocycles. The van der Waals surface area contributed by atoms with Gasteiger partial charge in [0.05, 0.1) is 29.4 Å². The summed E-state index contributed by atoms with van der Waals surface area (Å²) in [5.74, 6) is 1.77. The second-order valence-electron chi connectivity index (χ2n) is 7.95. The average molecular weight is 374 g/mol. The summed E-state index contributed by atoms with van der Waals surface area (Å²) in [6.07, 6.45) is 4.32. The van der Waals surface area contributed by atoms with Gasteiger partial charge in [0, 0.05) is 24.9 Å². The van der Waals surface area contributed by atoms with Gasteiger partial charge in [-0.05, 0) is 49.6 Å². The first-order valence-electron chi connectivity index (χ1n) is 9.86. The number of nitriles is 1. The second kappa shape index (κ2) is 6.52. The molecule has 2 saturated heterocycles. The molecule has 0 radical (unpaired) electrons. The number of hydrogen-bond donors (Lipinski definition) is 1. The number of anilines is 1. The topological polar surface area (TPSA) is 78.2 Å². The lowest BCUT2D eigenvalue weighted by Crippen LogP contribution is -2.47. The summed E-state index contributed by atoms with van der Waals surface area (Å²) in [4.78, 5) is 19.2. The standard InChI is InChI=1S/C22H22N4O2/c1-13-7-19-20(12-24-22(19)27)25-21(13)26-15-5-6-16(26)10-18(9-15)28-17-4-2-3-14(8-17)11-23/h2-4,7-8,15-16,18H,5-6,9-10,12H2,1H3,(H,24,27). The number of fused-ring (bicyclic) bond motifs is 3. The van der Waals surface area contributed by atoms with E-state index >= 15 is 0 Å². The third-order valence-electron chi connectivity index (χ3n) is 6.13. The van der Waals surface area contributed by atoms with Crippen molar-refractivity contribution in [2.45, 2.75) is 57.3 Å². The zero-order valence-electron chi connectivity index (χ0n) is 15.8. The zero-order chi connectivity index (χ0) is 19.3. The molecule has 6 heteroatoms. The van der Waals surface area contributed by atoms with Gasteiger partial charge >= 0.3 is 0 Å². The van der Waals surface area contributed by atoms with E-state index in [2.05, 4.69) is 16.3 Å². The minimum Gasteiger partial charge on any atom is -0.490 e. The van der Waals surface area contributed by atoms with Crippen molar-refractivity contribution in [2.75, 3.05) is 4.90 Å². The molecule has 0 saturated carbocycles. The first-order valence-corrected chi connectivity index (χ1v) is 9.86. The number of rotatable bonds is 3. The van der Waals surface area contributed by atoms with Gasteiger partial charge in [0.25, 0.3) is 5.91 Å². The van der Waals surface area contributed by atoms with Crippen LogP contribution in [0.4, 0.5) is 5.82 Å². The normalized spacial score (nSPS) is 25.2. The van der Waals surface area contributed by atoms with Crippen LogP contribution in [-0.4, -0.2) is 29.1 Å². The number of aryl methyl sites for hydroxylation is 1. The lowest BCUT2D eigenvalue weighted by atomic mass is 9.98. The van der Waals surface area contributed by atoms with Crippen LogP contribution in [0.5, 0.6) is 5.75 Å². The van der Waals surface area contributed by atoms with Crippen molar-refractivity contribution in [1.82, 2.24) is 10.3 Å². The van der Waals surface area contributed by atoms with Crippen molar-refractivity contribution < 1.29 is 9.53 Å². The first kappa shape index (κ1) is 17.1. The van der Waals surface area contributed by atoms with Crippen LogP contribution in [0.25, 0.3) is 0 Å². The molecule has 4 heterocycles. The zero-order valence-corrected chi connectivity index (χ0v) is 15.8. The van der Waals surface area contributed by atoms with Crippen LogP contribution in [0.3, 0.4) is 0 Å². The molecule has 2 unspecified atom stereocenters. The van der Waals surface area contributed by atoms with E-state index in [0.29, 0.717) is 29.8 Å². The van der Waals surface area contributed by atoms with Crippen LogP contribution < -0.4 is 15.0 Å².